The molecule has 1 atom stereocenters. The van der Waals surface area contributed by atoms with Crippen molar-refractivity contribution in [2.45, 2.75) is 39.5 Å². The maximum Gasteiger partial charge on any atom is 0.245 e. The van der Waals surface area contributed by atoms with Crippen molar-refractivity contribution in [3.63, 3.8) is 0 Å². The zero-order valence-electron chi connectivity index (χ0n) is 12.9. The molecule has 0 aliphatic rings. The van der Waals surface area contributed by atoms with E-state index in [1.165, 1.54) is 4.90 Å². The van der Waals surface area contributed by atoms with E-state index < -0.39 is 5.38 Å². The summed E-state index contributed by atoms with van der Waals surface area (Å²) in [5, 5.41) is 5.62. The number of halogens is 1. The lowest BCUT2D eigenvalue weighted by Crippen LogP contribution is -2.42. The van der Waals surface area contributed by atoms with Gasteiger partial charge in [0.15, 0.2) is 5.82 Å². The van der Waals surface area contributed by atoms with Gasteiger partial charge in [0.25, 0.3) is 0 Å². The van der Waals surface area contributed by atoms with E-state index in [2.05, 4.69) is 24.3 Å². The topological polar surface area (TPSA) is 75.4 Å². The Labute approximate surface area is 129 Å². The van der Waals surface area contributed by atoms with Gasteiger partial charge in [-0.2, -0.15) is 0 Å². The van der Waals surface area contributed by atoms with Crippen LogP contribution in [0.2, 0.25) is 0 Å². The molecule has 0 saturated heterocycles. The van der Waals surface area contributed by atoms with Gasteiger partial charge in [0, 0.05) is 12.6 Å². The molecule has 1 aromatic heterocycles. The number of hydrogen-bond acceptors (Lipinski definition) is 4. The van der Waals surface area contributed by atoms with E-state index in [9.17, 15) is 9.59 Å². The molecule has 0 radical (unpaired) electrons. The standard InChI is InChI=1S/C14H22ClN3O3/c1-9(2)5-6-18(14(20)11(4)15)8-13(19)16-12-7-10(3)21-17-12/h7,9,11H,5-6,8H2,1-4H3,(H,16,17,19)/t11-/m0/s1. The SMILES string of the molecule is Cc1cc(NC(=O)CN(CCC(C)C)C(=O)[C@H](C)Cl)no1. The average molecular weight is 316 g/mol. The Bertz CT molecular complexity index is 486. The van der Waals surface area contributed by atoms with Crippen molar-refractivity contribution < 1.29 is 14.1 Å². The molecule has 1 heterocycles. The van der Waals surface area contributed by atoms with Crippen LogP contribution in [0.4, 0.5) is 5.82 Å². The van der Waals surface area contributed by atoms with Crippen LogP contribution in [0.15, 0.2) is 10.6 Å². The molecule has 1 rings (SSSR count). The summed E-state index contributed by atoms with van der Waals surface area (Å²) in [6.45, 7) is 7.91. The van der Waals surface area contributed by atoms with Crippen LogP contribution < -0.4 is 5.32 Å². The summed E-state index contributed by atoms with van der Waals surface area (Å²) in [5.74, 6) is 0.814. The Kier molecular flexibility index (Phi) is 6.68. The van der Waals surface area contributed by atoms with Crippen molar-refractivity contribution >= 4 is 29.2 Å². The highest BCUT2D eigenvalue weighted by Crippen LogP contribution is 2.09. The highest BCUT2D eigenvalue weighted by Gasteiger charge is 2.21. The minimum absolute atomic E-state index is 0.0471. The van der Waals surface area contributed by atoms with Crippen LogP contribution >= 0.6 is 11.6 Å². The molecular weight excluding hydrogens is 294 g/mol. The summed E-state index contributed by atoms with van der Waals surface area (Å²) < 4.78 is 4.87. The van der Waals surface area contributed by atoms with Gasteiger partial charge in [0.05, 0.1) is 6.54 Å². The molecule has 0 aliphatic heterocycles. The lowest BCUT2D eigenvalue weighted by Gasteiger charge is -2.24. The molecule has 0 aromatic carbocycles. The van der Waals surface area contributed by atoms with Gasteiger partial charge < -0.3 is 14.7 Å². The van der Waals surface area contributed by atoms with Crippen LogP contribution in [0.5, 0.6) is 0 Å². The fraction of sp³-hybridized carbons (Fsp3) is 0.643. The second-order valence-corrected chi connectivity index (χ2v) is 6.08. The van der Waals surface area contributed by atoms with E-state index in [0.29, 0.717) is 24.0 Å². The number of nitrogens with one attached hydrogen (secondary N) is 1. The van der Waals surface area contributed by atoms with E-state index >= 15 is 0 Å². The second kappa shape index (κ2) is 8.02. The van der Waals surface area contributed by atoms with Gasteiger partial charge in [-0.05, 0) is 26.2 Å². The van der Waals surface area contributed by atoms with Gasteiger partial charge in [-0.3, -0.25) is 9.59 Å². The quantitative estimate of drug-likeness (QED) is 0.784. The van der Waals surface area contributed by atoms with Crippen molar-refractivity contribution in [3.05, 3.63) is 11.8 Å². The minimum atomic E-state index is -0.653. The van der Waals surface area contributed by atoms with E-state index in [-0.39, 0.29) is 18.4 Å². The van der Waals surface area contributed by atoms with Crippen LogP contribution in [-0.2, 0) is 9.59 Å². The van der Waals surface area contributed by atoms with Gasteiger partial charge in [-0.15, -0.1) is 11.6 Å². The van der Waals surface area contributed by atoms with Crippen molar-refractivity contribution in [1.82, 2.24) is 10.1 Å². The molecular formula is C14H22ClN3O3. The first-order valence-electron chi connectivity index (χ1n) is 6.95. The maximum absolute atomic E-state index is 12.0. The lowest BCUT2D eigenvalue weighted by atomic mass is 10.1. The molecule has 21 heavy (non-hydrogen) atoms. The fourth-order valence-corrected chi connectivity index (χ4v) is 1.85. The molecule has 0 fully saturated rings. The first-order chi connectivity index (χ1) is 9.79. The Morgan fingerprint density at radius 1 is 1.43 bits per heavy atom. The number of amides is 2. The Hall–Kier alpha value is -1.56. The molecule has 1 N–H and O–H groups in total. The summed E-state index contributed by atoms with van der Waals surface area (Å²) in [5.41, 5.74) is 0. The summed E-state index contributed by atoms with van der Waals surface area (Å²) in [6, 6.07) is 1.61. The molecule has 0 aliphatic carbocycles. The smallest absolute Gasteiger partial charge is 0.245 e. The number of carbonyl (C=O) groups is 2. The summed E-state index contributed by atoms with van der Waals surface area (Å²) in [4.78, 5) is 25.5. The number of rotatable bonds is 7. The highest BCUT2D eigenvalue weighted by molar-refractivity contribution is 6.30. The molecule has 2 amide bonds. The number of carbonyl (C=O) groups excluding carboxylic acids is 2. The molecule has 118 valence electrons. The predicted molar refractivity (Wildman–Crippen MR) is 81.2 cm³/mol. The maximum atomic E-state index is 12.0. The monoisotopic (exact) mass is 315 g/mol. The third kappa shape index (κ3) is 6.16. The number of aromatic nitrogens is 1. The Balaban J connectivity index is 2.61. The number of nitrogens with zero attached hydrogens (tertiary/aromatic N) is 2. The number of anilines is 1. The van der Waals surface area contributed by atoms with Crippen LogP contribution in [0.25, 0.3) is 0 Å². The van der Waals surface area contributed by atoms with E-state index in [0.717, 1.165) is 6.42 Å². The fourth-order valence-electron chi connectivity index (χ4n) is 1.71. The number of aryl methyl sites for hydroxylation is 1. The van der Waals surface area contributed by atoms with Gasteiger partial charge in [-0.1, -0.05) is 19.0 Å². The summed E-state index contributed by atoms with van der Waals surface area (Å²) >= 11 is 5.84. The zero-order chi connectivity index (χ0) is 16.0. The highest BCUT2D eigenvalue weighted by atomic mass is 35.5. The third-order valence-electron chi connectivity index (χ3n) is 2.86. The van der Waals surface area contributed by atoms with E-state index in [1.807, 2.05) is 0 Å². The summed E-state index contributed by atoms with van der Waals surface area (Å²) in [7, 11) is 0. The van der Waals surface area contributed by atoms with Crippen LogP contribution in [0, 0.1) is 12.8 Å². The molecule has 0 bridgehead atoms. The molecule has 1 aromatic rings. The molecule has 0 spiro atoms. The zero-order valence-corrected chi connectivity index (χ0v) is 13.6. The normalized spacial score (nSPS) is 12.3. The van der Waals surface area contributed by atoms with Gasteiger partial charge in [0.2, 0.25) is 11.8 Å². The summed E-state index contributed by atoms with van der Waals surface area (Å²) in [6.07, 6.45) is 0.811. The lowest BCUT2D eigenvalue weighted by molar-refractivity contribution is -0.134. The number of hydrogen-bond donors (Lipinski definition) is 1. The third-order valence-corrected chi connectivity index (χ3v) is 3.04. The molecule has 0 saturated carbocycles. The molecule has 6 nitrogen and oxygen atoms in total. The van der Waals surface area contributed by atoms with Crippen molar-refractivity contribution in [2.75, 3.05) is 18.4 Å². The molecule has 0 unspecified atom stereocenters. The predicted octanol–water partition coefficient (Wildman–Crippen LogP) is 2.42. The van der Waals surface area contributed by atoms with Crippen LogP contribution in [0.3, 0.4) is 0 Å². The number of alkyl halides is 1. The van der Waals surface area contributed by atoms with Gasteiger partial charge >= 0.3 is 0 Å². The largest absolute Gasteiger partial charge is 0.360 e. The first kappa shape index (κ1) is 17.5. The Morgan fingerprint density at radius 2 is 2.10 bits per heavy atom. The van der Waals surface area contributed by atoms with Crippen molar-refractivity contribution in [1.29, 1.82) is 0 Å². The minimum Gasteiger partial charge on any atom is -0.360 e. The van der Waals surface area contributed by atoms with Crippen LogP contribution in [0.1, 0.15) is 33.0 Å². The first-order valence-corrected chi connectivity index (χ1v) is 7.39. The molecule has 7 heteroatoms. The van der Waals surface area contributed by atoms with E-state index in [4.69, 9.17) is 16.1 Å². The Morgan fingerprint density at radius 3 is 2.57 bits per heavy atom. The van der Waals surface area contributed by atoms with Crippen LogP contribution in [-0.4, -0.2) is 40.3 Å². The van der Waals surface area contributed by atoms with Gasteiger partial charge in [-0.25, -0.2) is 0 Å². The van der Waals surface area contributed by atoms with Gasteiger partial charge in [0.1, 0.15) is 11.1 Å². The van der Waals surface area contributed by atoms with Crippen molar-refractivity contribution in [2.24, 2.45) is 5.92 Å². The second-order valence-electron chi connectivity index (χ2n) is 5.43. The van der Waals surface area contributed by atoms with Crippen molar-refractivity contribution in [3.8, 4) is 0 Å². The average Bonchev–Trinajstić information content (AvgIpc) is 2.78. The van der Waals surface area contributed by atoms with E-state index in [1.54, 1.807) is 19.9 Å².